The molecule has 2 heterocycles. The second-order valence-corrected chi connectivity index (χ2v) is 8.06. The molecule has 2 aromatic heterocycles. The second-order valence-electron chi connectivity index (χ2n) is 4.78. The normalized spacial score (nSPS) is 12.0. The molecule has 110 valence electrons. The molecule has 0 fully saturated rings. The molecule has 2 rings (SSSR count). The zero-order valence-electron chi connectivity index (χ0n) is 12.1. The predicted molar refractivity (Wildman–Crippen MR) is 80.7 cm³/mol. The molecule has 0 aliphatic carbocycles. The van der Waals surface area contributed by atoms with Crippen LogP contribution in [0, 0.1) is 27.7 Å². The van der Waals surface area contributed by atoms with Crippen LogP contribution in [0.5, 0.6) is 0 Å². The maximum atomic E-state index is 12.1. The summed E-state index contributed by atoms with van der Waals surface area (Å²) in [6, 6.07) is 3.44. The van der Waals surface area contributed by atoms with E-state index in [1.165, 1.54) is 11.3 Å². The van der Waals surface area contributed by atoms with E-state index in [0.29, 0.717) is 17.3 Å². The van der Waals surface area contributed by atoms with E-state index >= 15 is 0 Å². The Bertz CT molecular complexity index is 714. The van der Waals surface area contributed by atoms with Gasteiger partial charge in [0, 0.05) is 17.1 Å². The number of nitrogens with zero attached hydrogens (tertiary/aromatic N) is 2. The molecule has 0 radical (unpaired) electrons. The standard InChI is InChI=1S/C13H19N3O2S2/c1-9-5-6-13(19-9)20(17,18)14-7-8-16-12(4)10(2)11(3)15-16/h5-6,14H,7-8H2,1-4H3. The van der Waals surface area contributed by atoms with E-state index < -0.39 is 10.0 Å². The van der Waals surface area contributed by atoms with Crippen molar-refractivity contribution in [2.24, 2.45) is 0 Å². The van der Waals surface area contributed by atoms with Crippen molar-refractivity contribution in [3.05, 3.63) is 34.0 Å². The summed E-state index contributed by atoms with van der Waals surface area (Å²) >= 11 is 1.28. The van der Waals surface area contributed by atoms with Gasteiger partial charge in [0.15, 0.2) is 0 Å². The van der Waals surface area contributed by atoms with Gasteiger partial charge in [-0.05, 0) is 45.4 Å². The highest BCUT2D eigenvalue weighted by molar-refractivity contribution is 7.91. The van der Waals surface area contributed by atoms with Gasteiger partial charge in [-0.3, -0.25) is 4.68 Å². The molecule has 5 nitrogen and oxygen atoms in total. The van der Waals surface area contributed by atoms with E-state index in [9.17, 15) is 8.42 Å². The number of hydrogen-bond donors (Lipinski definition) is 1. The zero-order valence-corrected chi connectivity index (χ0v) is 13.7. The lowest BCUT2D eigenvalue weighted by Crippen LogP contribution is -2.27. The van der Waals surface area contributed by atoms with Gasteiger partial charge < -0.3 is 0 Å². The van der Waals surface area contributed by atoms with E-state index in [4.69, 9.17) is 0 Å². The summed E-state index contributed by atoms with van der Waals surface area (Å²) in [5.41, 5.74) is 3.22. The predicted octanol–water partition coefficient (Wildman–Crippen LogP) is 2.16. The van der Waals surface area contributed by atoms with Crippen LogP contribution in [0.1, 0.15) is 21.8 Å². The lowest BCUT2D eigenvalue weighted by atomic mass is 10.2. The topological polar surface area (TPSA) is 64.0 Å². The maximum Gasteiger partial charge on any atom is 0.250 e. The fraction of sp³-hybridized carbons (Fsp3) is 0.462. The molecule has 0 unspecified atom stereocenters. The Kier molecular flexibility index (Phi) is 4.31. The first-order valence-corrected chi connectivity index (χ1v) is 8.68. The Morgan fingerprint density at radius 3 is 2.45 bits per heavy atom. The lowest BCUT2D eigenvalue weighted by molar-refractivity contribution is 0.555. The van der Waals surface area contributed by atoms with Gasteiger partial charge >= 0.3 is 0 Å². The molecule has 0 bridgehead atoms. The number of aromatic nitrogens is 2. The fourth-order valence-electron chi connectivity index (χ4n) is 1.92. The van der Waals surface area contributed by atoms with Gasteiger partial charge in [0.1, 0.15) is 4.21 Å². The van der Waals surface area contributed by atoms with Crippen LogP contribution in [0.3, 0.4) is 0 Å². The van der Waals surface area contributed by atoms with E-state index in [1.54, 1.807) is 6.07 Å². The molecule has 0 aliphatic heterocycles. The maximum absolute atomic E-state index is 12.1. The largest absolute Gasteiger partial charge is 0.268 e. The first-order valence-electron chi connectivity index (χ1n) is 6.38. The Labute approximate surface area is 123 Å². The summed E-state index contributed by atoms with van der Waals surface area (Å²) in [7, 11) is -3.40. The average Bonchev–Trinajstić information content (AvgIpc) is 2.91. The van der Waals surface area contributed by atoms with Gasteiger partial charge in [-0.2, -0.15) is 5.10 Å². The molecule has 0 aromatic carbocycles. The number of thiophene rings is 1. The Morgan fingerprint density at radius 1 is 1.25 bits per heavy atom. The van der Waals surface area contributed by atoms with Crippen molar-refractivity contribution < 1.29 is 8.42 Å². The smallest absolute Gasteiger partial charge is 0.250 e. The van der Waals surface area contributed by atoms with Crippen molar-refractivity contribution in [3.63, 3.8) is 0 Å². The Morgan fingerprint density at radius 2 is 1.95 bits per heavy atom. The van der Waals surface area contributed by atoms with Gasteiger partial charge in [0.25, 0.3) is 0 Å². The van der Waals surface area contributed by atoms with Crippen molar-refractivity contribution in [2.75, 3.05) is 6.54 Å². The number of nitrogens with one attached hydrogen (secondary N) is 1. The molecular weight excluding hydrogens is 294 g/mol. The Hall–Kier alpha value is -1.18. The van der Waals surface area contributed by atoms with Crippen molar-refractivity contribution >= 4 is 21.4 Å². The molecular formula is C13H19N3O2S2. The third kappa shape index (κ3) is 3.11. The molecule has 2 aromatic rings. The van der Waals surface area contributed by atoms with E-state index in [2.05, 4.69) is 9.82 Å². The number of hydrogen-bond acceptors (Lipinski definition) is 4. The molecule has 1 N–H and O–H groups in total. The summed E-state index contributed by atoms with van der Waals surface area (Å²) in [6.45, 7) is 8.73. The van der Waals surface area contributed by atoms with E-state index in [0.717, 1.165) is 21.8 Å². The molecule has 0 amide bonds. The van der Waals surface area contributed by atoms with Crippen molar-refractivity contribution in [3.8, 4) is 0 Å². The van der Waals surface area contributed by atoms with Crippen LogP contribution in [-0.2, 0) is 16.6 Å². The minimum Gasteiger partial charge on any atom is -0.268 e. The van der Waals surface area contributed by atoms with Crippen LogP contribution in [0.4, 0.5) is 0 Å². The summed E-state index contributed by atoms with van der Waals surface area (Å²) in [5, 5.41) is 4.39. The minimum absolute atomic E-state index is 0.334. The fourth-order valence-corrected chi connectivity index (χ4v) is 4.27. The van der Waals surface area contributed by atoms with Crippen molar-refractivity contribution in [1.82, 2.24) is 14.5 Å². The van der Waals surface area contributed by atoms with E-state index in [1.807, 2.05) is 38.4 Å². The van der Waals surface area contributed by atoms with Crippen LogP contribution in [0.15, 0.2) is 16.3 Å². The van der Waals surface area contributed by atoms with Crippen LogP contribution < -0.4 is 4.72 Å². The van der Waals surface area contributed by atoms with Gasteiger partial charge in [0.05, 0.1) is 12.2 Å². The molecule has 7 heteroatoms. The number of rotatable bonds is 5. The molecule has 20 heavy (non-hydrogen) atoms. The first-order chi connectivity index (χ1) is 9.31. The van der Waals surface area contributed by atoms with Crippen LogP contribution in [-0.4, -0.2) is 24.7 Å². The third-order valence-corrected chi connectivity index (χ3v) is 6.29. The highest BCUT2D eigenvalue weighted by Crippen LogP contribution is 2.20. The minimum atomic E-state index is -3.40. The second kappa shape index (κ2) is 5.67. The van der Waals surface area contributed by atoms with Gasteiger partial charge in [-0.15, -0.1) is 11.3 Å². The van der Waals surface area contributed by atoms with E-state index in [-0.39, 0.29) is 0 Å². The van der Waals surface area contributed by atoms with Crippen LogP contribution in [0.2, 0.25) is 0 Å². The van der Waals surface area contributed by atoms with Crippen LogP contribution >= 0.6 is 11.3 Å². The number of aryl methyl sites for hydroxylation is 2. The summed E-state index contributed by atoms with van der Waals surface area (Å²) in [6.07, 6.45) is 0. The quantitative estimate of drug-likeness (QED) is 0.920. The van der Waals surface area contributed by atoms with Gasteiger partial charge in [-0.25, -0.2) is 13.1 Å². The molecule has 0 saturated carbocycles. The highest BCUT2D eigenvalue weighted by atomic mass is 32.2. The van der Waals surface area contributed by atoms with Gasteiger partial charge in [0.2, 0.25) is 10.0 Å². The monoisotopic (exact) mass is 313 g/mol. The molecule has 0 atom stereocenters. The molecule has 0 aliphatic rings. The average molecular weight is 313 g/mol. The molecule has 0 saturated heterocycles. The summed E-state index contributed by atoms with van der Waals surface area (Å²) in [5.74, 6) is 0. The third-order valence-electron chi connectivity index (χ3n) is 3.34. The van der Waals surface area contributed by atoms with Crippen molar-refractivity contribution in [1.29, 1.82) is 0 Å². The SMILES string of the molecule is Cc1ccc(S(=O)(=O)NCCn2nc(C)c(C)c2C)s1. The summed E-state index contributed by atoms with van der Waals surface area (Å²) in [4.78, 5) is 0.986. The summed E-state index contributed by atoms with van der Waals surface area (Å²) < 4.78 is 28.9. The first kappa shape index (κ1) is 15.2. The van der Waals surface area contributed by atoms with Gasteiger partial charge in [-0.1, -0.05) is 0 Å². The van der Waals surface area contributed by atoms with Crippen LogP contribution in [0.25, 0.3) is 0 Å². The number of sulfonamides is 1. The zero-order chi connectivity index (χ0) is 14.9. The molecule has 0 spiro atoms. The van der Waals surface area contributed by atoms with Crippen molar-refractivity contribution in [2.45, 2.75) is 38.4 Å². The lowest BCUT2D eigenvalue weighted by Gasteiger charge is -2.06. The Balaban J connectivity index is 2.01. The highest BCUT2D eigenvalue weighted by Gasteiger charge is 2.16.